The monoisotopic (exact) mass is 428 g/mol. The summed E-state index contributed by atoms with van der Waals surface area (Å²) < 4.78 is 61.4. The van der Waals surface area contributed by atoms with Crippen LogP contribution in [0.2, 0.25) is 0 Å². The van der Waals surface area contributed by atoms with Crippen molar-refractivity contribution in [2.45, 2.75) is 37.8 Å². The van der Waals surface area contributed by atoms with Crippen molar-refractivity contribution < 1.29 is 31.5 Å². The summed E-state index contributed by atoms with van der Waals surface area (Å²) >= 11 is 0. The molecule has 0 spiro atoms. The summed E-state index contributed by atoms with van der Waals surface area (Å²) in [7, 11) is -2.38. The van der Waals surface area contributed by atoms with Crippen LogP contribution in [0.15, 0.2) is 47.4 Å². The van der Waals surface area contributed by atoms with Crippen LogP contribution < -0.4 is 19.5 Å². The fraction of sp³-hybridized carbons (Fsp3) is 0.316. The van der Waals surface area contributed by atoms with E-state index in [2.05, 4.69) is 14.8 Å². The molecule has 29 heavy (non-hydrogen) atoms. The molecule has 2 aromatic rings. The van der Waals surface area contributed by atoms with Crippen molar-refractivity contribution >= 4 is 21.6 Å². The molecule has 0 aliphatic heterocycles. The van der Waals surface area contributed by atoms with Crippen molar-refractivity contribution in [2.75, 3.05) is 12.4 Å². The number of alkyl halides is 2. The Morgan fingerprint density at radius 2 is 1.76 bits per heavy atom. The number of ether oxygens (including phenoxy) is 2. The van der Waals surface area contributed by atoms with E-state index in [0.717, 1.165) is 0 Å². The molecule has 158 valence electrons. The van der Waals surface area contributed by atoms with Crippen LogP contribution in [0, 0.1) is 0 Å². The Morgan fingerprint density at radius 1 is 1.10 bits per heavy atom. The zero-order chi connectivity index (χ0) is 21.6. The SMILES string of the molecule is CCC(C)NS(=O)(=O)c1ccc(C(=O)Nc2ccc(OC)c(OC(F)F)c2)cc1. The van der Waals surface area contributed by atoms with Crippen LogP contribution >= 0.6 is 0 Å². The lowest BCUT2D eigenvalue weighted by atomic mass is 10.2. The van der Waals surface area contributed by atoms with Crippen LogP contribution in [0.3, 0.4) is 0 Å². The van der Waals surface area contributed by atoms with Crippen LogP contribution in [0.25, 0.3) is 0 Å². The number of carbonyl (C=O) groups is 1. The summed E-state index contributed by atoms with van der Waals surface area (Å²) in [5.41, 5.74) is 0.404. The van der Waals surface area contributed by atoms with E-state index in [4.69, 9.17) is 4.74 Å². The molecule has 0 aliphatic rings. The number of methoxy groups -OCH3 is 1. The Kier molecular flexibility index (Phi) is 7.52. The van der Waals surface area contributed by atoms with Gasteiger partial charge in [0.05, 0.1) is 12.0 Å². The molecule has 0 saturated carbocycles. The Hall–Kier alpha value is -2.72. The van der Waals surface area contributed by atoms with Gasteiger partial charge in [-0.15, -0.1) is 0 Å². The summed E-state index contributed by atoms with van der Waals surface area (Å²) in [6.45, 7) is 0.561. The lowest BCUT2D eigenvalue weighted by molar-refractivity contribution is -0.0511. The molecule has 0 radical (unpaired) electrons. The predicted octanol–water partition coefficient (Wildman–Crippen LogP) is 3.63. The van der Waals surface area contributed by atoms with Crippen molar-refractivity contribution in [3.05, 3.63) is 48.0 Å². The first-order valence-corrected chi connectivity index (χ1v) is 10.2. The number of hydrogen-bond acceptors (Lipinski definition) is 5. The van der Waals surface area contributed by atoms with Gasteiger partial charge in [0.15, 0.2) is 11.5 Å². The molecular formula is C19H22F2N2O5S. The topological polar surface area (TPSA) is 93.7 Å². The average Bonchev–Trinajstić information content (AvgIpc) is 2.67. The molecule has 0 saturated heterocycles. The Morgan fingerprint density at radius 3 is 2.31 bits per heavy atom. The number of benzene rings is 2. The largest absolute Gasteiger partial charge is 0.493 e. The highest BCUT2D eigenvalue weighted by atomic mass is 32.2. The molecule has 1 unspecified atom stereocenters. The van der Waals surface area contributed by atoms with Crippen molar-refractivity contribution in [1.82, 2.24) is 4.72 Å². The van der Waals surface area contributed by atoms with E-state index in [-0.39, 0.29) is 33.7 Å². The Labute approximate surface area is 168 Å². The maximum absolute atomic E-state index is 12.5. The van der Waals surface area contributed by atoms with E-state index >= 15 is 0 Å². The maximum Gasteiger partial charge on any atom is 0.387 e. The van der Waals surface area contributed by atoms with E-state index in [0.29, 0.717) is 6.42 Å². The second-order valence-electron chi connectivity index (χ2n) is 6.15. The highest BCUT2D eigenvalue weighted by Crippen LogP contribution is 2.31. The van der Waals surface area contributed by atoms with Gasteiger partial charge in [-0.3, -0.25) is 4.79 Å². The highest BCUT2D eigenvalue weighted by Gasteiger charge is 2.18. The van der Waals surface area contributed by atoms with Crippen LogP contribution in [-0.4, -0.2) is 34.1 Å². The normalized spacial score (nSPS) is 12.5. The first-order chi connectivity index (χ1) is 13.7. The average molecular weight is 428 g/mol. The van der Waals surface area contributed by atoms with Gasteiger partial charge >= 0.3 is 6.61 Å². The number of carbonyl (C=O) groups excluding carboxylic acids is 1. The number of anilines is 1. The van der Waals surface area contributed by atoms with Crippen molar-refractivity contribution in [3.8, 4) is 11.5 Å². The molecule has 0 aromatic heterocycles. The molecule has 2 aromatic carbocycles. The zero-order valence-corrected chi connectivity index (χ0v) is 16.9. The third-order valence-electron chi connectivity index (χ3n) is 4.03. The maximum atomic E-state index is 12.5. The number of sulfonamides is 1. The van der Waals surface area contributed by atoms with Gasteiger partial charge in [-0.1, -0.05) is 6.92 Å². The van der Waals surface area contributed by atoms with Crippen molar-refractivity contribution in [3.63, 3.8) is 0 Å². The number of amides is 1. The van der Waals surface area contributed by atoms with E-state index in [1.54, 1.807) is 6.92 Å². The van der Waals surface area contributed by atoms with Crippen LogP contribution in [0.4, 0.5) is 14.5 Å². The van der Waals surface area contributed by atoms with Gasteiger partial charge in [0.25, 0.3) is 5.91 Å². The third kappa shape index (κ3) is 6.13. The van der Waals surface area contributed by atoms with Gasteiger partial charge in [-0.2, -0.15) is 8.78 Å². The second kappa shape index (κ2) is 9.66. The first kappa shape index (κ1) is 22.6. The summed E-state index contributed by atoms with van der Waals surface area (Å²) in [5.74, 6) is -0.679. The fourth-order valence-electron chi connectivity index (χ4n) is 2.35. The second-order valence-corrected chi connectivity index (χ2v) is 7.87. The molecule has 7 nitrogen and oxygen atoms in total. The van der Waals surface area contributed by atoms with Crippen LogP contribution in [0.1, 0.15) is 30.6 Å². The van der Waals surface area contributed by atoms with E-state index < -0.39 is 22.5 Å². The van der Waals surface area contributed by atoms with Gasteiger partial charge in [0.2, 0.25) is 10.0 Å². The molecule has 1 amide bonds. The minimum Gasteiger partial charge on any atom is -0.493 e. The number of hydrogen-bond donors (Lipinski definition) is 2. The summed E-state index contributed by atoms with van der Waals surface area (Å²) in [6, 6.07) is 9.19. The molecule has 1 atom stereocenters. The number of rotatable bonds is 9. The van der Waals surface area contributed by atoms with E-state index in [1.165, 1.54) is 49.6 Å². The van der Waals surface area contributed by atoms with Crippen molar-refractivity contribution in [1.29, 1.82) is 0 Å². The quantitative estimate of drug-likeness (QED) is 0.636. The predicted molar refractivity (Wildman–Crippen MR) is 104 cm³/mol. The molecule has 0 bridgehead atoms. The fourth-order valence-corrected chi connectivity index (χ4v) is 3.67. The molecular weight excluding hydrogens is 406 g/mol. The van der Waals surface area contributed by atoms with Crippen LogP contribution in [0.5, 0.6) is 11.5 Å². The Balaban J connectivity index is 2.15. The van der Waals surface area contributed by atoms with Crippen molar-refractivity contribution in [2.24, 2.45) is 0 Å². The summed E-state index contributed by atoms with van der Waals surface area (Å²) in [4.78, 5) is 12.4. The molecule has 0 fully saturated rings. The first-order valence-electron chi connectivity index (χ1n) is 8.73. The molecule has 10 heteroatoms. The minimum atomic E-state index is -3.68. The summed E-state index contributed by atoms with van der Waals surface area (Å²) in [6.07, 6.45) is 0.638. The van der Waals surface area contributed by atoms with Crippen LogP contribution in [-0.2, 0) is 10.0 Å². The number of halogens is 2. The molecule has 2 rings (SSSR count). The van der Waals surface area contributed by atoms with Gasteiger partial charge < -0.3 is 14.8 Å². The minimum absolute atomic E-state index is 0.0337. The smallest absolute Gasteiger partial charge is 0.387 e. The van der Waals surface area contributed by atoms with E-state index in [1.807, 2.05) is 6.92 Å². The summed E-state index contributed by atoms with van der Waals surface area (Å²) in [5, 5.41) is 2.54. The lowest BCUT2D eigenvalue weighted by Crippen LogP contribution is -2.32. The highest BCUT2D eigenvalue weighted by molar-refractivity contribution is 7.89. The lowest BCUT2D eigenvalue weighted by Gasteiger charge is -2.13. The Bertz CT molecular complexity index is 950. The zero-order valence-electron chi connectivity index (χ0n) is 16.1. The van der Waals surface area contributed by atoms with E-state index in [9.17, 15) is 22.0 Å². The number of nitrogens with one attached hydrogen (secondary N) is 2. The standard InChI is InChI=1S/C19H22F2N2O5S/c1-4-12(2)23-29(25,26)15-8-5-13(6-9-15)18(24)22-14-7-10-16(27-3)17(11-14)28-19(20)21/h5-12,19,23H,4H2,1-3H3,(H,22,24). The van der Waals surface area contributed by atoms with Gasteiger partial charge in [0, 0.05) is 23.4 Å². The molecule has 2 N–H and O–H groups in total. The molecule has 0 heterocycles. The van der Waals surface area contributed by atoms with Gasteiger partial charge in [-0.05, 0) is 49.7 Å². The molecule has 0 aliphatic carbocycles. The van der Waals surface area contributed by atoms with Gasteiger partial charge in [0.1, 0.15) is 0 Å². The third-order valence-corrected chi connectivity index (χ3v) is 5.64. The van der Waals surface area contributed by atoms with Gasteiger partial charge in [-0.25, -0.2) is 13.1 Å².